The molecule has 0 saturated carbocycles. The van der Waals surface area contributed by atoms with Crippen LogP contribution in [0.1, 0.15) is 52.9 Å². The van der Waals surface area contributed by atoms with Crippen molar-refractivity contribution >= 4 is 5.97 Å². The van der Waals surface area contributed by atoms with Crippen molar-refractivity contribution in [3.8, 4) is 0 Å². The fraction of sp³-hybridized carbons (Fsp3) is 0.923. The number of hydrogen-bond donors (Lipinski definition) is 1. The van der Waals surface area contributed by atoms with Gasteiger partial charge in [-0.25, -0.2) is 0 Å². The number of nitrogens with two attached hydrogens (primary N) is 1. The van der Waals surface area contributed by atoms with Gasteiger partial charge in [0, 0.05) is 12.8 Å². The van der Waals surface area contributed by atoms with Gasteiger partial charge in [0.1, 0.15) is 12.1 Å². The first-order chi connectivity index (χ1) is 8.02. The van der Waals surface area contributed by atoms with Gasteiger partial charge < -0.3 is 15.2 Å². The largest absolute Gasteiger partial charge is 0.461 e. The lowest BCUT2D eigenvalue weighted by Crippen LogP contribution is -2.40. The zero-order valence-electron chi connectivity index (χ0n) is 11.1. The summed E-state index contributed by atoms with van der Waals surface area (Å²) in [5, 5.41) is 0. The quantitative estimate of drug-likeness (QED) is 0.750. The summed E-state index contributed by atoms with van der Waals surface area (Å²) in [6, 6.07) is -0.469. The standard InChI is InChI=1S/C13H25NO3/c1-4-5-6-12(14)13(15)17-11-7-9(2)16-10(3)8-11/h9-12H,4-8,14H2,1-3H3. The fourth-order valence-corrected chi connectivity index (χ4v) is 2.23. The molecule has 3 unspecified atom stereocenters. The highest BCUT2D eigenvalue weighted by atomic mass is 16.6. The molecule has 1 aliphatic heterocycles. The highest BCUT2D eigenvalue weighted by Gasteiger charge is 2.28. The van der Waals surface area contributed by atoms with Gasteiger partial charge in [0.25, 0.3) is 0 Å². The normalized spacial score (nSPS) is 30.9. The van der Waals surface area contributed by atoms with Crippen molar-refractivity contribution in [2.45, 2.75) is 77.2 Å². The average molecular weight is 243 g/mol. The second-order valence-electron chi connectivity index (χ2n) is 5.04. The minimum Gasteiger partial charge on any atom is -0.461 e. The Hall–Kier alpha value is -0.610. The van der Waals surface area contributed by atoms with Gasteiger partial charge in [-0.05, 0) is 20.3 Å². The van der Waals surface area contributed by atoms with E-state index in [1.54, 1.807) is 0 Å². The van der Waals surface area contributed by atoms with Crippen LogP contribution in [0.25, 0.3) is 0 Å². The first-order valence-corrected chi connectivity index (χ1v) is 6.64. The first kappa shape index (κ1) is 14.5. The van der Waals surface area contributed by atoms with Crippen molar-refractivity contribution in [3.63, 3.8) is 0 Å². The Labute approximate surface area is 104 Å². The van der Waals surface area contributed by atoms with Crippen LogP contribution < -0.4 is 5.73 Å². The monoisotopic (exact) mass is 243 g/mol. The third-order valence-electron chi connectivity index (χ3n) is 3.11. The van der Waals surface area contributed by atoms with Crippen molar-refractivity contribution in [1.82, 2.24) is 0 Å². The van der Waals surface area contributed by atoms with Gasteiger partial charge in [-0.15, -0.1) is 0 Å². The molecule has 1 fully saturated rings. The molecule has 0 aromatic heterocycles. The summed E-state index contributed by atoms with van der Waals surface area (Å²) in [7, 11) is 0. The maximum Gasteiger partial charge on any atom is 0.323 e. The van der Waals surface area contributed by atoms with Crippen LogP contribution in [0.4, 0.5) is 0 Å². The Bertz CT molecular complexity index is 235. The number of rotatable bonds is 5. The molecule has 2 N–H and O–H groups in total. The summed E-state index contributed by atoms with van der Waals surface area (Å²) >= 11 is 0. The molecule has 3 atom stereocenters. The van der Waals surface area contributed by atoms with Gasteiger partial charge in [-0.1, -0.05) is 19.8 Å². The molecule has 1 saturated heterocycles. The van der Waals surface area contributed by atoms with Gasteiger partial charge in [-0.3, -0.25) is 4.79 Å². The number of esters is 1. The molecule has 0 aromatic rings. The molecule has 0 amide bonds. The Balaban J connectivity index is 2.34. The topological polar surface area (TPSA) is 61.6 Å². The fourth-order valence-electron chi connectivity index (χ4n) is 2.23. The Morgan fingerprint density at radius 3 is 2.53 bits per heavy atom. The second kappa shape index (κ2) is 6.97. The molecule has 0 aliphatic carbocycles. The summed E-state index contributed by atoms with van der Waals surface area (Å²) in [6.07, 6.45) is 4.56. The van der Waals surface area contributed by atoms with E-state index in [4.69, 9.17) is 15.2 Å². The van der Waals surface area contributed by atoms with Gasteiger partial charge in [0.15, 0.2) is 0 Å². The van der Waals surface area contributed by atoms with E-state index < -0.39 is 6.04 Å². The third-order valence-corrected chi connectivity index (χ3v) is 3.11. The van der Waals surface area contributed by atoms with E-state index in [1.807, 2.05) is 13.8 Å². The summed E-state index contributed by atoms with van der Waals surface area (Å²) in [4.78, 5) is 11.7. The van der Waals surface area contributed by atoms with Crippen LogP contribution in [-0.4, -0.2) is 30.3 Å². The Morgan fingerprint density at radius 1 is 1.41 bits per heavy atom. The number of carbonyl (C=O) groups excluding carboxylic acids is 1. The molecule has 0 spiro atoms. The van der Waals surface area contributed by atoms with Crippen molar-refractivity contribution in [3.05, 3.63) is 0 Å². The van der Waals surface area contributed by atoms with E-state index in [-0.39, 0.29) is 24.3 Å². The molecule has 4 heteroatoms. The molecule has 1 heterocycles. The molecule has 100 valence electrons. The maximum atomic E-state index is 11.7. The van der Waals surface area contributed by atoms with Crippen LogP contribution in [-0.2, 0) is 14.3 Å². The maximum absolute atomic E-state index is 11.7. The average Bonchev–Trinajstić information content (AvgIpc) is 2.24. The lowest BCUT2D eigenvalue weighted by Gasteiger charge is -2.32. The molecule has 1 rings (SSSR count). The molecule has 0 radical (unpaired) electrons. The van der Waals surface area contributed by atoms with E-state index in [0.29, 0.717) is 6.42 Å². The predicted molar refractivity (Wildman–Crippen MR) is 66.6 cm³/mol. The van der Waals surface area contributed by atoms with Crippen molar-refractivity contribution in [2.75, 3.05) is 0 Å². The van der Waals surface area contributed by atoms with Crippen LogP contribution in [0.2, 0.25) is 0 Å². The van der Waals surface area contributed by atoms with Crippen LogP contribution >= 0.6 is 0 Å². The number of carbonyl (C=O) groups is 1. The zero-order valence-corrected chi connectivity index (χ0v) is 11.1. The minimum atomic E-state index is -0.469. The minimum absolute atomic E-state index is 0.0334. The predicted octanol–water partition coefficient (Wildman–Crippen LogP) is 2.00. The highest BCUT2D eigenvalue weighted by Crippen LogP contribution is 2.22. The summed E-state index contributed by atoms with van der Waals surface area (Å²) in [6.45, 7) is 6.10. The van der Waals surface area contributed by atoms with Crippen molar-refractivity contribution in [1.29, 1.82) is 0 Å². The summed E-state index contributed by atoms with van der Waals surface area (Å²) in [5.74, 6) is -0.259. The molecular weight excluding hydrogens is 218 g/mol. The smallest absolute Gasteiger partial charge is 0.323 e. The lowest BCUT2D eigenvalue weighted by atomic mass is 10.0. The lowest BCUT2D eigenvalue weighted by molar-refractivity contribution is -0.161. The zero-order chi connectivity index (χ0) is 12.8. The molecule has 0 bridgehead atoms. The van der Waals surface area contributed by atoms with E-state index in [0.717, 1.165) is 25.7 Å². The van der Waals surface area contributed by atoms with E-state index in [2.05, 4.69) is 6.92 Å². The van der Waals surface area contributed by atoms with E-state index >= 15 is 0 Å². The van der Waals surface area contributed by atoms with Crippen LogP contribution in [0.5, 0.6) is 0 Å². The van der Waals surface area contributed by atoms with Gasteiger partial charge in [0.2, 0.25) is 0 Å². The Morgan fingerprint density at radius 2 is 2.00 bits per heavy atom. The van der Waals surface area contributed by atoms with Gasteiger partial charge >= 0.3 is 5.97 Å². The first-order valence-electron chi connectivity index (χ1n) is 6.64. The molecule has 4 nitrogen and oxygen atoms in total. The summed E-state index contributed by atoms with van der Waals surface area (Å²) < 4.78 is 11.0. The molecule has 17 heavy (non-hydrogen) atoms. The van der Waals surface area contributed by atoms with Gasteiger partial charge in [-0.2, -0.15) is 0 Å². The number of ether oxygens (including phenoxy) is 2. The van der Waals surface area contributed by atoms with E-state index in [9.17, 15) is 4.79 Å². The highest BCUT2D eigenvalue weighted by molar-refractivity contribution is 5.75. The van der Waals surface area contributed by atoms with Crippen molar-refractivity contribution in [2.24, 2.45) is 5.73 Å². The van der Waals surface area contributed by atoms with Crippen LogP contribution in [0.15, 0.2) is 0 Å². The van der Waals surface area contributed by atoms with Crippen LogP contribution in [0.3, 0.4) is 0 Å². The SMILES string of the molecule is CCCCC(N)C(=O)OC1CC(C)OC(C)C1. The van der Waals surface area contributed by atoms with E-state index in [1.165, 1.54) is 0 Å². The number of unbranched alkanes of at least 4 members (excludes halogenated alkanes) is 1. The van der Waals surface area contributed by atoms with Gasteiger partial charge in [0.05, 0.1) is 12.2 Å². The van der Waals surface area contributed by atoms with Crippen molar-refractivity contribution < 1.29 is 14.3 Å². The molecule has 0 aromatic carbocycles. The van der Waals surface area contributed by atoms with Crippen LogP contribution in [0, 0.1) is 0 Å². The third kappa shape index (κ3) is 5.04. The summed E-state index contributed by atoms with van der Waals surface area (Å²) in [5.41, 5.74) is 5.78. The number of hydrogen-bond acceptors (Lipinski definition) is 4. The molecular formula is C13H25NO3. The Kier molecular flexibility index (Phi) is 5.92. The second-order valence-corrected chi connectivity index (χ2v) is 5.04. The molecule has 1 aliphatic rings.